The van der Waals surface area contributed by atoms with Crippen LogP contribution in [0.4, 0.5) is 5.69 Å². The van der Waals surface area contributed by atoms with Gasteiger partial charge in [0.2, 0.25) is 0 Å². The summed E-state index contributed by atoms with van der Waals surface area (Å²) in [6.45, 7) is 2.57. The summed E-state index contributed by atoms with van der Waals surface area (Å²) < 4.78 is 5.21. The van der Waals surface area contributed by atoms with Crippen molar-refractivity contribution in [2.75, 3.05) is 19.0 Å². The Balaban J connectivity index is 1.93. The van der Waals surface area contributed by atoms with Crippen molar-refractivity contribution in [2.45, 2.75) is 13.3 Å². The molecule has 0 atom stereocenters. The van der Waals surface area contributed by atoms with Gasteiger partial charge in [-0.15, -0.1) is 0 Å². The minimum absolute atomic E-state index is 0.210. The van der Waals surface area contributed by atoms with Crippen molar-refractivity contribution >= 4 is 29.2 Å². The minimum atomic E-state index is -0.294. The minimum Gasteiger partial charge on any atom is -0.497 e. The van der Waals surface area contributed by atoms with Gasteiger partial charge in [0.15, 0.2) is 0 Å². The van der Waals surface area contributed by atoms with Crippen molar-refractivity contribution in [2.24, 2.45) is 0 Å². The first kappa shape index (κ1) is 21.8. The molecule has 3 aromatic rings. The summed E-state index contributed by atoms with van der Waals surface area (Å²) in [4.78, 5) is 25.8. The lowest BCUT2D eigenvalue weighted by molar-refractivity contribution is -0.111. The van der Waals surface area contributed by atoms with Gasteiger partial charge in [0.25, 0.3) is 11.8 Å². The Hall–Kier alpha value is -3.86. The van der Waals surface area contributed by atoms with E-state index >= 15 is 0 Å². The molecule has 0 aromatic heterocycles. The van der Waals surface area contributed by atoms with E-state index in [9.17, 15) is 9.59 Å². The predicted molar refractivity (Wildman–Crippen MR) is 125 cm³/mol. The van der Waals surface area contributed by atoms with Gasteiger partial charge in [-0.2, -0.15) is 0 Å². The second kappa shape index (κ2) is 10.8. The highest BCUT2D eigenvalue weighted by Crippen LogP contribution is 2.23. The van der Waals surface area contributed by atoms with Crippen LogP contribution >= 0.6 is 0 Å². The number of hydrogen-bond acceptors (Lipinski definition) is 3. The van der Waals surface area contributed by atoms with E-state index in [1.807, 2.05) is 67.6 Å². The number of carbonyl (C=O) groups is 2. The van der Waals surface area contributed by atoms with E-state index in [1.165, 1.54) is 0 Å². The molecular formula is C26H26N2O3. The predicted octanol–water partition coefficient (Wildman–Crippen LogP) is 5.01. The fraction of sp³-hybridized carbons (Fsp3) is 0.154. The number of nitrogens with one attached hydrogen (secondary N) is 2. The van der Waals surface area contributed by atoms with Gasteiger partial charge in [-0.25, -0.2) is 0 Å². The van der Waals surface area contributed by atoms with Gasteiger partial charge in [0, 0.05) is 12.1 Å². The van der Waals surface area contributed by atoms with Gasteiger partial charge < -0.3 is 15.4 Å². The number of rotatable bonds is 8. The van der Waals surface area contributed by atoms with Gasteiger partial charge >= 0.3 is 0 Å². The van der Waals surface area contributed by atoms with Crippen molar-refractivity contribution in [1.82, 2.24) is 5.32 Å². The molecule has 0 aliphatic carbocycles. The maximum absolute atomic E-state index is 13.3. The zero-order valence-electron chi connectivity index (χ0n) is 17.7. The van der Waals surface area contributed by atoms with Gasteiger partial charge in [-0.05, 0) is 47.9 Å². The van der Waals surface area contributed by atoms with Crippen molar-refractivity contribution < 1.29 is 14.3 Å². The molecule has 5 nitrogen and oxygen atoms in total. The maximum Gasteiger partial charge on any atom is 0.256 e. The van der Waals surface area contributed by atoms with E-state index in [1.54, 1.807) is 31.4 Å². The number of benzene rings is 3. The van der Waals surface area contributed by atoms with Crippen LogP contribution in [0.2, 0.25) is 0 Å². The monoisotopic (exact) mass is 414 g/mol. The van der Waals surface area contributed by atoms with Gasteiger partial charge in [-0.3, -0.25) is 9.59 Å². The number of ether oxygens (including phenoxy) is 1. The highest BCUT2D eigenvalue weighted by Gasteiger charge is 2.16. The number of hydrogen-bond donors (Lipinski definition) is 2. The average Bonchev–Trinajstić information content (AvgIpc) is 2.82. The van der Waals surface area contributed by atoms with Crippen LogP contribution in [0.5, 0.6) is 5.75 Å². The lowest BCUT2D eigenvalue weighted by atomic mass is 10.0. The van der Waals surface area contributed by atoms with Gasteiger partial charge in [0.05, 0.1) is 18.4 Å². The normalized spacial score (nSPS) is 11.0. The molecule has 0 radical (unpaired) electrons. The van der Waals surface area contributed by atoms with Crippen LogP contribution < -0.4 is 15.4 Å². The van der Waals surface area contributed by atoms with Crippen LogP contribution in [-0.2, 0) is 4.79 Å². The molecule has 31 heavy (non-hydrogen) atoms. The maximum atomic E-state index is 13.3. The van der Waals surface area contributed by atoms with Crippen molar-refractivity contribution in [3.05, 3.63) is 95.6 Å². The highest BCUT2D eigenvalue weighted by atomic mass is 16.5. The Morgan fingerprint density at radius 1 is 0.903 bits per heavy atom. The molecular weight excluding hydrogens is 388 g/mol. The van der Waals surface area contributed by atoms with E-state index in [4.69, 9.17) is 4.74 Å². The second-order valence-corrected chi connectivity index (χ2v) is 6.95. The lowest BCUT2D eigenvalue weighted by Gasteiger charge is -2.13. The summed E-state index contributed by atoms with van der Waals surface area (Å²) in [5.41, 5.74) is 3.04. The first-order valence-corrected chi connectivity index (χ1v) is 10.2. The third-order valence-electron chi connectivity index (χ3n) is 4.71. The quantitative estimate of drug-likeness (QED) is 0.402. The number of amides is 2. The van der Waals surface area contributed by atoms with E-state index < -0.39 is 0 Å². The second-order valence-electron chi connectivity index (χ2n) is 6.95. The number of carbonyl (C=O) groups excluding carboxylic acids is 2. The molecule has 0 aliphatic rings. The summed E-state index contributed by atoms with van der Waals surface area (Å²) in [5.74, 6) is 0.241. The highest BCUT2D eigenvalue weighted by molar-refractivity contribution is 6.29. The average molecular weight is 415 g/mol. The Kier molecular flexibility index (Phi) is 7.60. The zero-order chi connectivity index (χ0) is 22.1. The Morgan fingerprint density at radius 3 is 2.26 bits per heavy atom. The number of para-hydroxylation sites is 1. The van der Waals surface area contributed by atoms with Crippen LogP contribution in [0.25, 0.3) is 11.6 Å². The van der Waals surface area contributed by atoms with Crippen LogP contribution in [-0.4, -0.2) is 25.5 Å². The molecule has 5 heteroatoms. The molecule has 0 bridgehead atoms. The van der Waals surface area contributed by atoms with Crippen LogP contribution in [0.1, 0.15) is 34.8 Å². The molecule has 158 valence electrons. The molecule has 0 saturated heterocycles. The SMILES string of the molecule is CCCNC(=O)c1ccccc1NC(=O)/C(=C/c1ccc(OC)cc1)c1ccccc1. The summed E-state index contributed by atoms with van der Waals surface area (Å²) in [6.07, 6.45) is 2.66. The Bertz CT molecular complexity index is 1060. The van der Waals surface area contributed by atoms with Gasteiger partial charge in [-0.1, -0.05) is 61.5 Å². The fourth-order valence-corrected chi connectivity index (χ4v) is 3.08. The van der Waals surface area contributed by atoms with E-state index in [-0.39, 0.29) is 11.8 Å². The van der Waals surface area contributed by atoms with Crippen LogP contribution in [0.15, 0.2) is 78.9 Å². The van der Waals surface area contributed by atoms with E-state index in [0.29, 0.717) is 23.4 Å². The molecule has 0 unspecified atom stereocenters. The molecule has 2 amide bonds. The number of methoxy groups -OCH3 is 1. The van der Waals surface area contributed by atoms with E-state index in [2.05, 4.69) is 10.6 Å². The molecule has 0 heterocycles. The zero-order valence-corrected chi connectivity index (χ0v) is 17.7. The number of anilines is 1. The first-order chi connectivity index (χ1) is 15.1. The summed E-state index contributed by atoms with van der Waals surface area (Å²) in [6, 6.07) is 23.9. The Labute approximate surface area is 182 Å². The molecule has 0 spiro atoms. The van der Waals surface area contributed by atoms with Gasteiger partial charge in [0.1, 0.15) is 5.75 Å². The molecule has 3 aromatic carbocycles. The topological polar surface area (TPSA) is 67.4 Å². The third kappa shape index (κ3) is 5.82. The van der Waals surface area contributed by atoms with Crippen LogP contribution in [0, 0.1) is 0 Å². The standard InChI is InChI=1S/C26H26N2O3/c1-3-17-27-25(29)22-11-7-8-12-24(22)28-26(30)23(20-9-5-4-6-10-20)18-19-13-15-21(31-2)16-14-19/h4-16,18H,3,17H2,1-2H3,(H,27,29)(H,28,30)/b23-18+. The molecule has 0 saturated carbocycles. The summed E-state index contributed by atoms with van der Waals surface area (Å²) in [5, 5.41) is 5.77. The Morgan fingerprint density at radius 2 is 1.58 bits per heavy atom. The van der Waals surface area contributed by atoms with Crippen molar-refractivity contribution in [3.63, 3.8) is 0 Å². The molecule has 2 N–H and O–H groups in total. The third-order valence-corrected chi connectivity index (χ3v) is 4.71. The van der Waals surface area contributed by atoms with Crippen molar-refractivity contribution in [1.29, 1.82) is 0 Å². The van der Waals surface area contributed by atoms with E-state index in [0.717, 1.165) is 23.3 Å². The summed E-state index contributed by atoms with van der Waals surface area (Å²) in [7, 11) is 1.61. The smallest absolute Gasteiger partial charge is 0.256 e. The fourth-order valence-electron chi connectivity index (χ4n) is 3.08. The molecule has 0 fully saturated rings. The molecule has 0 aliphatic heterocycles. The lowest BCUT2D eigenvalue weighted by Crippen LogP contribution is -2.26. The summed E-state index contributed by atoms with van der Waals surface area (Å²) >= 11 is 0. The van der Waals surface area contributed by atoms with Crippen LogP contribution in [0.3, 0.4) is 0 Å². The first-order valence-electron chi connectivity index (χ1n) is 10.2. The largest absolute Gasteiger partial charge is 0.497 e. The van der Waals surface area contributed by atoms with Crippen molar-refractivity contribution in [3.8, 4) is 5.75 Å². The molecule has 3 rings (SSSR count).